The molecular weight excluding hydrogens is 196 g/mol. The van der Waals surface area contributed by atoms with Gasteiger partial charge in [-0.1, -0.05) is 6.92 Å². The van der Waals surface area contributed by atoms with Crippen LogP contribution in [0.3, 0.4) is 0 Å². The first-order valence-corrected chi connectivity index (χ1v) is 4.98. The number of urea groups is 1. The van der Waals surface area contributed by atoms with Gasteiger partial charge in [0.05, 0.1) is 7.11 Å². The first kappa shape index (κ1) is 13.7. The Morgan fingerprint density at radius 2 is 1.87 bits per heavy atom. The van der Waals surface area contributed by atoms with Gasteiger partial charge < -0.3 is 14.5 Å². The monoisotopic (exact) mass is 216 g/mol. The topological polar surface area (TPSA) is 49.9 Å². The molecule has 0 rings (SSSR count). The van der Waals surface area contributed by atoms with Crippen molar-refractivity contribution in [2.24, 2.45) is 0 Å². The fourth-order valence-corrected chi connectivity index (χ4v) is 1.09. The predicted octanol–water partition coefficient (Wildman–Crippen LogP) is 0.942. The van der Waals surface area contributed by atoms with Crippen molar-refractivity contribution in [2.45, 2.75) is 26.3 Å². The standard InChI is InChI=1S/C10H20N2O3/c1-6-8(2)12(7-9(13)15-5)10(14)11(3)4/h8H,6-7H2,1-5H3. The second-order valence-electron chi connectivity index (χ2n) is 3.64. The fraction of sp³-hybridized carbons (Fsp3) is 0.800. The Balaban J connectivity index is 4.58. The van der Waals surface area contributed by atoms with Crippen molar-refractivity contribution < 1.29 is 14.3 Å². The molecule has 5 nitrogen and oxygen atoms in total. The average molecular weight is 216 g/mol. The van der Waals surface area contributed by atoms with Gasteiger partial charge in [-0.3, -0.25) is 4.79 Å². The number of carbonyl (C=O) groups is 2. The zero-order chi connectivity index (χ0) is 12.0. The lowest BCUT2D eigenvalue weighted by atomic mass is 10.2. The largest absolute Gasteiger partial charge is 0.468 e. The maximum absolute atomic E-state index is 11.7. The Morgan fingerprint density at radius 1 is 1.33 bits per heavy atom. The SMILES string of the molecule is CCC(C)N(CC(=O)OC)C(=O)N(C)C. The van der Waals surface area contributed by atoms with Crippen LogP contribution in [0.4, 0.5) is 4.79 Å². The third-order valence-corrected chi connectivity index (χ3v) is 2.28. The molecule has 0 aromatic heterocycles. The zero-order valence-electron chi connectivity index (χ0n) is 10.1. The molecule has 0 spiro atoms. The molecule has 1 atom stereocenters. The van der Waals surface area contributed by atoms with Crippen LogP contribution >= 0.6 is 0 Å². The number of ether oxygens (including phenoxy) is 1. The molecule has 5 heteroatoms. The second-order valence-corrected chi connectivity index (χ2v) is 3.64. The summed E-state index contributed by atoms with van der Waals surface area (Å²) in [5.74, 6) is -0.398. The van der Waals surface area contributed by atoms with Crippen LogP contribution < -0.4 is 0 Å². The van der Waals surface area contributed by atoms with Crippen LogP contribution in [0.2, 0.25) is 0 Å². The molecule has 88 valence electrons. The summed E-state index contributed by atoms with van der Waals surface area (Å²) < 4.78 is 4.55. The number of rotatable bonds is 4. The van der Waals surface area contributed by atoms with Crippen LogP contribution in [0.25, 0.3) is 0 Å². The molecule has 0 aliphatic heterocycles. The highest BCUT2D eigenvalue weighted by atomic mass is 16.5. The van der Waals surface area contributed by atoms with Gasteiger partial charge in [0.2, 0.25) is 0 Å². The van der Waals surface area contributed by atoms with Gasteiger partial charge in [-0.2, -0.15) is 0 Å². The summed E-state index contributed by atoms with van der Waals surface area (Å²) in [4.78, 5) is 25.8. The maximum atomic E-state index is 11.7. The molecule has 0 aromatic carbocycles. The van der Waals surface area contributed by atoms with Crippen molar-refractivity contribution in [3.63, 3.8) is 0 Å². The van der Waals surface area contributed by atoms with Gasteiger partial charge in [-0.05, 0) is 13.3 Å². The van der Waals surface area contributed by atoms with Crippen LogP contribution in [-0.4, -0.2) is 55.6 Å². The van der Waals surface area contributed by atoms with Crippen molar-refractivity contribution in [3.8, 4) is 0 Å². The summed E-state index contributed by atoms with van der Waals surface area (Å²) in [6.45, 7) is 3.88. The summed E-state index contributed by atoms with van der Waals surface area (Å²) in [7, 11) is 4.64. The van der Waals surface area contributed by atoms with E-state index in [2.05, 4.69) is 4.74 Å². The van der Waals surface area contributed by atoms with Gasteiger partial charge in [0.1, 0.15) is 6.54 Å². The fourth-order valence-electron chi connectivity index (χ4n) is 1.09. The Kier molecular flexibility index (Phi) is 5.74. The molecule has 15 heavy (non-hydrogen) atoms. The molecule has 0 N–H and O–H groups in total. The van der Waals surface area contributed by atoms with E-state index in [0.717, 1.165) is 6.42 Å². The van der Waals surface area contributed by atoms with Crippen LogP contribution in [0.1, 0.15) is 20.3 Å². The molecule has 0 aliphatic carbocycles. The average Bonchev–Trinajstić information content (AvgIpc) is 2.23. The van der Waals surface area contributed by atoms with E-state index in [9.17, 15) is 9.59 Å². The number of nitrogens with zero attached hydrogens (tertiary/aromatic N) is 2. The van der Waals surface area contributed by atoms with Crippen molar-refractivity contribution in [3.05, 3.63) is 0 Å². The van der Waals surface area contributed by atoms with Gasteiger partial charge in [-0.25, -0.2) is 4.79 Å². The summed E-state index contributed by atoms with van der Waals surface area (Å²) in [6, 6.07) is -0.145. The maximum Gasteiger partial charge on any atom is 0.325 e. The second kappa shape index (κ2) is 6.27. The Bertz CT molecular complexity index is 229. The highest BCUT2D eigenvalue weighted by Crippen LogP contribution is 2.06. The van der Waals surface area contributed by atoms with Crippen molar-refractivity contribution in [2.75, 3.05) is 27.7 Å². The Labute approximate surface area is 91.0 Å². The summed E-state index contributed by atoms with van der Waals surface area (Å²) in [5.41, 5.74) is 0. The van der Waals surface area contributed by atoms with E-state index in [1.165, 1.54) is 16.9 Å². The normalized spacial score (nSPS) is 11.8. The molecule has 0 saturated carbocycles. The van der Waals surface area contributed by atoms with Gasteiger partial charge >= 0.3 is 12.0 Å². The molecule has 0 aromatic rings. The van der Waals surface area contributed by atoms with E-state index in [1.54, 1.807) is 14.1 Å². The molecule has 1 unspecified atom stereocenters. The first-order chi connectivity index (χ1) is 6.93. The van der Waals surface area contributed by atoms with Crippen molar-refractivity contribution in [1.82, 2.24) is 9.80 Å². The molecule has 0 heterocycles. The first-order valence-electron chi connectivity index (χ1n) is 4.98. The number of hydrogen-bond donors (Lipinski definition) is 0. The van der Waals surface area contributed by atoms with E-state index < -0.39 is 5.97 Å². The Hall–Kier alpha value is -1.26. The summed E-state index contributed by atoms with van der Waals surface area (Å²) in [6.07, 6.45) is 0.802. The highest BCUT2D eigenvalue weighted by Gasteiger charge is 2.23. The summed E-state index contributed by atoms with van der Waals surface area (Å²) in [5, 5.41) is 0. The lowest BCUT2D eigenvalue weighted by Crippen LogP contribution is -2.47. The molecule has 0 aliphatic rings. The molecule has 0 fully saturated rings. The van der Waals surface area contributed by atoms with E-state index >= 15 is 0 Å². The molecular formula is C10H20N2O3. The van der Waals surface area contributed by atoms with E-state index in [1.807, 2.05) is 13.8 Å². The lowest BCUT2D eigenvalue weighted by molar-refractivity contribution is -0.141. The molecule has 0 saturated heterocycles. The van der Waals surface area contributed by atoms with Crippen LogP contribution in [-0.2, 0) is 9.53 Å². The number of hydrogen-bond acceptors (Lipinski definition) is 3. The van der Waals surface area contributed by atoms with Gasteiger partial charge in [0, 0.05) is 20.1 Å². The van der Waals surface area contributed by atoms with E-state index in [4.69, 9.17) is 0 Å². The van der Waals surface area contributed by atoms with Crippen LogP contribution in [0.15, 0.2) is 0 Å². The van der Waals surface area contributed by atoms with Crippen LogP contribution in [0, 0.1) is 0 Å². The van der Waals surface area contributed by atoms with Crippen molar-refractivity contribution >= 4 is 12.0 Å². The van der Waals surface area contributed by atoms with Gasteiger partial charge in [0.25, 0.3) is 0 Å². The zero-order valence-corrected chi connectivity index (χ0v) is 10.1. The minimum atomic E-state index is -0.398. The Morgan fingerprint density at radius 3 is 2.20 bits per heavy atom. The molecule has 0 radical (unpaired) electrons. The highest BCUT2D eigenvalue weighted by molar-refractivity contribution is 5.80. The van der Waals surface area contributed by atoms with Gasteiger partial charge in [-0.15, -0.1) is 0 Å². The predicted molar refractivity (Wildman–Crippen MR) is 57.6 cm³/mol. The molecule has 2 amide bonds. The number of methoxy groups -OCH3 is 1. The third-order valence-electron chi connectivity index (χ3n) is 2.28. The van der Waals surface area contributed by atoms with E-state index in [0.29, 0.717) is 0 Å². The van der Waals surface area contributed by atoms with Crippen molar-refractivity contribution in [1.29, 1.82) is 0 Å². The quantitative estimate of drug-likeness (QED) is 0.657. The lowest BCUT2D eigenvalue weighted by Gasteiger charge is -2.30. The summed E-state index contributed by atoms with van der Waals surface area (Å²) >= 11 is 0. The third kappa shape index (κ3) is 4.18. The van der Waals surface area contributed by atoms with E-state index in [-0.39, 0.29) is 18.6 Å². The smallest absolute Gasteiger partial charge is 0.325 e. The molecule has 0 bridgehead atoms. The number of amides is 2. The number of esters is 1. The van der Waals surface area contributed by atoms with Gasteiger partial charge in [0.15, 0.2) is 0 Å². The van der Waals surface area contributed by atoms with Crippen LogP contribution in [0.5, 0.6) is 0 Å². The minimum absolute atomic E-state index is 0.00250. The minimum Gasteiger partial charge on any atom is -0.468 e. The number of carbonyl (C=O) groups excluding carboxylic acids is 2.